The molecule has 4 heterocycles. The Balaban J connectivity index is 1.61. The zero-order valence-corrected chi connectivity index (χ0v) is 18.3. The minimum atomic E-state index is -0.640. The predicted molar refractivity (Wildman–Crippen MR) is 123 cm³/mol. The first-order chi connectivity index (χ1) is 16.0. The number of amides is 1. The van der Waals surface area contributed by atoms with Crippen molar-refractivity contribution >= 4 is 34.2 Å². The number of hydrogen-bond donors (Lipinski definition) is 2. The molecule has 0 aliphatic carbocycles. The van der Waals surface area contributed by atoms with E-state index in [9.17, 15) is 9.59 Å². The van der Waals surface area contributed by atoms with E-state index < -0.39 is 11.7 Å². The smallest absolute Gasteiger partial charge is 0.291 e. The van der Waals surface area contributed by atoms with Crippen LogP contribution < -0.4 is 10.2 Å². The number of aromatic nitrogens is 5. The third kappa shape index (κ3) is 3.96. The Morgan fingerprint density at radius 3 is 2.73 bits per heavy atom. The number of aromatic amines is 1. The summed E-state index contributed by atoms with van der Waals surface area (Å²) in [5.74, 6) is 0.380. The molecule has 0 radical (unpaired) electrons. The highest BCUT2D eigenvalue weighted by Crippen LogP contribution is 2.33. The number of ketones is 1. The monoisotopic (exact) mass is 445 g/mol. The van der Waals surface area contributed by atoms with E-state index in [-0.39, 0.29) is 6.04 Å². The van der Waals surface area contributed by atoms with Crippen molar-refractivity contribution in [2.45, 2.75) is 19.9 Å². The maximum absolute atomic E-state index is 11.7. The number of carbonyl (C=O) groups is 2. The Bertz CT molecular complexity index is 1310. The Hall–Kier alpha value is -4.05. The maximum Gasteiger partial charge on any atom is 0.291 e. The number of morpholine rings is 1. The molecule has 2 N–H and O–H groups in total. The minimum Gasteiger partial charge on any atom is -0.377 e. The molecule has 5 rings (SSSR count). The van der Waals surface area contributed by atoms with Gasteiger partial charge in [0, 0.05) is 30.6 Å². The molecule has 0 saturated carbocycles. The number of fused-ring (bicyclic) bond motifs is 1. The topological polar surface area (TPSA) is 118 Å². The van der Waals surface area contributed by atoms with Crippen LogP contribution >= 0.6 is 0 Å². The van der Waals surface area contributed by atoms with Gasteiger partial charge in [0.15, 0.2) is 11.5 Å². The van der Waals surface area contributed by atoms with Crippen LogP contribution in [-0.2, 0) is 14.3 Å². The van der Waals surface area contributed by atoms with Gasteiger partial charge in [0.2, 0.25) is 5.78 Å². The molecule has 0 spiro atoms. The van der Waals surface area contributed by atoms with Crippen molar-refractivity contribution in [3.63, 3.8) is 0 Å². The van der Waals surface area contributed by atoms with Crippen LogP contribution in [0.4, 0.5) is 11.5 Å². The number of H-pyrrole nitrogens is 1. The minimum absolute atomic E-state index is 0.184. The summed E-state index contributed by atoms with van der Waals surface area (Å²) in [6, 6.07) is 11.5. The quantitative estimate of drug-likeness (QED) is 0.453. The highest BCUT2D eigenvalue weighted by atomic mass is 16.5. The molecule has 168 valence electrons. The Kier molecular flexibility index (Phi) is 5.35. The lowest BCUT2D eigenvalue weighted by atomic mass is 10.0. The summed E-state index contributed by atoms with van der Waals surface area (Å²) in [7, 11) is 0. The van der Waals surface area contributed by atoms with Gasteiger partial charge in [-0.1, -0.05) is 12.1 Å². The van der Waals surface area contributed by atoms with Crippen molar-refractivity contribution in [3.8, 4) is 16.9 Å². The summed E-state index contributed by atoms with van der Waals surface area (Å²) < 4.78 is 7.34. The summed E-state index contributed by atoms with van der Waals surface area (Å²) >= 11 is 0. The lowest BCUT2D eigenvalue weighted by Crippen LogP contribution is -2.44. The standard InChI is InChI=1S/C23H23N7O3/c1-14-13-33-10-9-29(14)21-11-18(16-3-5-17(6-4-16)26-23(32)15(2)31)19-12-25-30(22(19)27-21)20-7-8-24-28-20/h3-8,11-12,14H,9-10,13H2,1-2H3,(H,24,28)(H,26,32)/t14-/m1/s1. The van der Waals surface area contributed by atoms with E-state index in [0.717, 1.165) is 34.7 Å². The second-order valence-electron chi connectivity index (χ2n) is 7.97. The van der Waals surface area contributed by atoms with Crippen LogP contribution in [0.3, 0.4) is 0 Å². The average molecular weight is 445 g/mol. The Labute approximate surface area is 189 Å². The fourth-order valence-electron chi connectivity index (χ4n) is 3.94. The van der Waals surface area contributed by atoms with Gasteiger partial charge in [0.1, 0.15) is 5.82 Å². The Morgan fingerprint density at radius 2 is 2.03 bits per heavy atom. The highest BCUT2D eigenvalue weighted by molar-refractivity contribution is 6.39. The molecule has 1 amide bonds. The van der Waals surface area contributed by atoms with Crippen LogP contribution in [0.25, 0.3) is 28.0 Å². The van der Waals surface area contributed by atoms with Gasteiger partial charge in [-0.05, 0) is 36.2 Å². The van der Waals surface area contributed by atoms with E-state index in [1.165, 1.54) is 6.92 Å². The van der Waals surface area contributed by atoms with Crippen LogP contribution in [-0.4, -0.2) is 62.5 Å². The molecule has 1 aliphatic heterocycles. The highest BCUT2D eigenvalue weighted by Gasteiger charge is 2.23. The number of nitrogens with zero attached hydrogens (tertiary/aromatic N) is 5. The van der Waals surface area contributed by atoms with Gasteiger partial charge < -0.3 is 15.0 Å². The molecule has 1 aliphatic rings. The van der Waals surface area contributed by atoms with Gasteiger partial charge in [-0.3, -0.25) is 14.7 Å². The van der Waals surface area contributed by atoms with Crippen LogP contribution in [0.1, 0.15) is 13.8 Å². The zero-order valence-electron chi connectivity index (χ0n) is 18.3. The van der Waals surface area contributed by atoms with E-state index in [0.29, 0.717) is 24.5 Å². The third-order valence-electron chi connectivity index (χ3n) is 5.68. The van der Waals surface area contributed by atoms with Gasteiger partial charge in [-0.25, -0.2) is 4.98 Å². The van der Waals surface area contributed by atoms with E-state index in [1.807, 2.05) is 18.2 Å². The number of pyridine rings is 1. The Morgan fingerprint density at radius 1 is 1.21 bits per heavy atom. The molecule has 1 saturated heterocycles. The zero-order chi connectivity index (χ0) is 22.9. The molecule has 10 nitrogen and oxygen atoms in total. The number of carbonyl (C=O) groups excluding carboxylic acids is 2. The van der Waals surface area contributed by atoms with E-state index in [1.54, 1.807) is 29.2 Å². The maximum atomic E-state index is 11.7. The molecule has 10 heteroatoms. The number of benzene rings is 1. The molecular weight excluding hydrogens is 422 g/mol. The van der Waals surface area contributed by atoms with E-state index in [2.05, 4.69) is 38.5 Å². The van der Waals surface area contributed by atoms with Gasteiger partial charge in [-0.15, -0.1) is 0 Å². The van der Waals surface area contributed by atoms with Crippen molar-refractivity contribution in [3.05, 3.63) is 48.8 Å². The summed E-state index contributed by atoms with van der Waals surface area (Å²) in [5, 5.41) is 15.0. The van der Waals surface area contributed by atoms with Crippen molar-refractivity contribution in [2.24, 2.45) is 0 Å². The van der Waals surface area contributed by atoms with Crippen molar-refractivity contribution < 1.29 is 14.3 Å². The summed E-state index contributed by atoms with van der Waals surface area (Å²) in [6.07, 6.45) is 3.46. The number of ether oxygens (including phenoxy) is 1. The SMILES string of the molecule is CC(=O)C(=O)Nc1ccc(-c2cc(N3CCOC[C@H]3C)nc3c2cnn3-c2ccn[nH]2)cc1. The van der Waals surface area contributed by atoms with Crippen LogP contribution in [0.2, 0.25) is 0 Å². The molecule has 1 aromatic carbocycles. The van der Waals surface area contributed by atoms with Crippen LogP contribution in [0.5, 0.6) is 0 Å². The molecule has 1 fully saturated rings. The van der Waals surface area contributed by atoms with Crippen molar-refractivity contribution in [1.29, 1.82) is 0 Å². The second kappa shape index (κ2) is 8.47. The lowest BCUT2D eigenvalue weighted by Gasteiger charge is -2.34. The van der Waals surface area contributed by atoms with Crippen LogP contribution in [0.15, 0.2) is 48.8 Å². The second-order valence-corrected chi connectivity index (χ2v) is 7.97. The van der Waals surface area contributed by atoms with Gasteiger partial charge in [0.05, 0.1) is 31.6 Å². The summed E-state index contributed by atoms with van der Waals surface area (Å²) in [6.45, 7) is 5.38. The fraction of sp³-hybridized carbons (Fsp3) is 0.261. The number of rotatable bonds is 5. The number of nitrogens with one attached hydrogen (secondary N) is 2. The first-order valence-corrected chi connectivity index (χ1v) is 10.7. The molecule has 0 unspecified atom stereocenters. The number of Topliss-reactive ketones (excluding diaryl/α,β-unsaturated/α-hetero) is 1. The third-order valence-corrected chi connectivity index (χ3v) is 5.68. The fourth-order valence-corrected chi connectivity index (χ4v) is 3.94. The number of hydrogen-bond acceptors (Lipinski definition) is 7. The summed E-state index contributed by atoms with van der Waals surface area (Å²) in [4.78, 5) is 30.1. The molecule has 33 heavy (non-hydrogen) atoms. The largest absolute Gasteiger partial charge is 0.377 e. The molecule has 0 bridgehead atoms. The first-order valence-electron chi connectivity index (χ1n) is 10.7. The number of anilines is 2. The average Bonchev–Trinajstić information content (AvgIpc) is 3.49. The van der Waals surface area contributed by atoms with Crippen molar-refractivity contribution in [1.82, 2.24) is 25.0 Å². The first kappa shape index (κ1) is 20.8. The van der Waals surface area contributed by atoms with Crippen molar-refractivity contribution in [2.75, 3.05) is 30.0 Å². The molecule has 3 aromatic heterocycles. The van der Waals surface area contributed by atoms with Gasteiger partial charge in [-0.2, -0.15) is 14.9 Å². The van der Waals surface area contributed by atoms with E-state index in [4.69, 9.17) is 9.72 Å². The van der Waals surface area contributed by atoms with Gasteiger partial charge >= 0.3 is 0 Å². The lowest BCUT2D eigenvalue weighted by molar-refractivity contribution is -0.133. The van der Waals surface area contributed by atoms with Gasteiger partial charge in [0.25, 0.3) is 5.91 Å². The van der Waals surface area contributed by atoms with E-state index >= 15 is 0 Å². The normalized spacial score (nSPS) is 16.2. The summed E-state index contributed by atoms with van der Waals surface area (Å²) in [5.41, 5.74) is 3.16. The van der Waals surface area contributed by atoms with Crippen LogP contribution in [0, 0.1) is 0 Å². The molecule has 1 atom stereocenters. The molecule has 4 aromatic rings. The predicted octanol–water partition coefficient (Wildman–Crippen LogP) is 2.56. The molecular formula is C23H23N7O3.